The summed E-state index contributed by atoms with van der Waals surface area (Å²) in [6.45, 7) is 6.09. The van der Waals surface area contributed by atoms with Gasteiger partial charge in [0, 0.05) is 12.3 Å². The van der Waals surface area contributed by atoms with Crippen molar-refractivity contribution in [2.24, 2.45) is 0 Å². The van der Waals surface area contributed by atoms with Crippen LogP contribution in [0.3, 0.4) is 0 Å². The van der Waals surface area contributed by atoms with Crippen LogP contribution in [0.2, 0.25) is 0 Å². The molecule has 0 fully saturated rings. The van der Waals surface area contributed by atoms with E-state index in [1.165, 1.54) is 11.6 Å². The first-order valence-electron chi connectivity index (χ1n) is 4.94. The number of benzene rings is 1. The Hall–Kier alpha value is -1.77. The van der Waals surface area contributed by atoms with E-state index in [-0.39, 0.29) is 5.56 Å². The summed E-state index contributed by atoms with van der Waals surface area (Å²) in [6, 6.07) is 5.68. The molecule has 3 nitrogen and oxygen atoms in total. The summed E-state index contributed by atoms with van der Waals surface area (Å²) in [4.78, 5) is 11.5. The molecule has 0 saturated heterocycles. The summed E-state index contributed by atoms with van der Waals surface area (Å²) in [5, 5.41) is 2.93. The highest BCUT2D eigenvalue weighted by atomic mass is 16.1. The molecule has 15 heavy (non-hydrogen) atoms. The summed E-state index contributed by atoms with van der Waals surface area (Å²) >= 11 is 0. The van der Waals surface area contributed by atoms with Gasteiger partial charge in [0.15, 0.2) is 0 Å². The van der Waals surface area contributed by atoms with Crippen molar-refractivity contribution < 1.29 is 0 Å². The van der Waals surface area contributed by atoms with Crippen LogP contribution in [0.25, 0.3) is 5.69 Å². The number of H-pyrrole nitrogens is 1. The third-order valence-corrected chi connectivity index (χ3v) is 2.51. The van der Waals surface area contributed by atoms with E-state index in [2.05, 4.69) is 24.2 Å². The van der Waals surface area contributed by atoms with Crippen molar-refractivity contribution in [3.8, 4) is 5.69 Å². The van der Waals surface area contributed by atoms with Gasteiger partial charge in [-0.05, 0) is 31.9 Å². The Balaban J connectivity index is 2.74. The van der Waals surface area contributed by atoms with Crippen LogP contribution in [-0.4, -0.2) is 9.78 Å². The largest absolute Gasteiger partial charge is 0.298 e. The molecule has 2 aromatic rings. The average Bonchev–Trinajstić information content (AvgIpc) is 2.50. The van der Waals surface area contributed by atoms with Crippen LogP contribution in [0.1, 0.15) is 16.7 Å². The van der Waals surface area contributed by atoms with E-state index in [1.54, 1.807) is 10.9 Å². The highest BCUT2D eigenvalue weighted by molar-refractivity contribution is 5.48. The maximum absolute atomic E-state index is 11.5. The first-order valence-corrected chi connectivity index (χ1v) is 4.94. The molecule has 0 radical (unpaired) electrons. The molecule has 1 heterocycles. The Kier molecular flexibility index (Phi) is 2.23. The van der Waals surface area contributed by atoms with Crippen LogP contribution in [0.15, 0.2) is 29.2 Å². The number of hydrogen-bond acceptors (Lipinski definition) is 1. The van der Waals surface area contributed by atoms with Crippen molar-refractivity contribution in [1.82, 2.24) is 9.78 Å². The van der Waals surface area contributed by atoms with Crippen LogP contribution < -0.4 is 5.56 Å². The number of hydrogen-bond donors (Lipinski definition) is 1. The van der Waals surface area contributed by atoms with Gasteiger partial charge in [-0.3, -0.25) is 9.89 Å². The summed E-state index contributed by atoms with van der Waals surface area (Å²) in [7, 11) is 0. The van der Waals surface area contributed by atoms with Crippen LogP contribution >= 0.6 is 0 Å². The van der Waals surface area contributed by atoms with Crippen molar-refractivity contribution >= 4 is 0 Å². The van der Waals surface area contributed by atoms with Crippen LogP contribution in [0.4, 0.5) is 0 Å². The molecule has 78 valence electrons. The van der Waals surface area contributed by atoms with Crippen molar-refractivity contribution in [3.05, 3.63) is 51.4 Å². The van der Waals surface area contributed by atoms with E-state index in [9.17, 15) is 4.79 Å². The van der Waals surface area contributed by atoms with Crippen molar-refractivity contribution in [3.63, 3.8) is 0 Å². The van der Waals surface area contributed by atoms with Gasteiger partial charge in [-0.2, -0.15) is 0 Å². The molecule has 1 N–H and O–H groups in total. The minimum atomic E-state index is -0.0231. The highest BCUT2D eigenvalue weighted by Crippen LogP contribution is 2.18. The fraction of sp³-hybridized carbons (Fsp3) is 0.250. The Morgan fingerprint density at radius 2 is 1.73 bits per heavy atom. The molecule has 0 bridgehead atoms. The van der Waals surface area contributed by atoms with Crippen LogP contribution in [0, 0.1) is 20.8 Å². The maximum Gasteiger partial charge on any atom is 0.271 e. The lowest BCUT2D eigenvalue weighted by molar-refractivity contribution is 0.834. The molecule has 0 aliphatic heterocycles. The fourth-order valence-electron chi connectivity index (χ4n) is 2.02. The lowest BCUT2D eigenvalue weighted by Gasteiger charge is -2.10. The van der Waals surface area contributed by atoms with Crippen molar-refractivity contribution in [2.45, 2.75) is 20.8 Å². The second kappa shape index (κ2) is 3.42. The molecule has 0 aliphatic rings. The minimum Gasteiger partial charge on any atom is -0.298 e. The molecule has 0 atom stereocenters. The number of nitrogens with zero attached hydrogens (tertiary/aromatic N) is 1. The first-order chi connectivity index (χ1) is 7.09. The molecule has 0 spiro atoms. The summed E-state index contributed by atoms with van der Waals surface area (Å²) in [5.74, 6) is 0. The molecule has 1 aromatic carbocycles. The van der Waals surface area contributed by atoms with E-state index in [0.717, 1.165) is 16.8 Å². The van der Waals surface area contributed by atoms with E-state index < -0.39 is 0 Å². The van der Waals surface area contributed by atoms with E-state index in [4.69, 9.17) is 0 Å². The van der Waals surface area contributed by atoms with Gasteiger partial charge in [0.2, 0.25) is 0 Å². The number of aromatic nitrogens is 2. The van der Waals surface area contributed by atoms with E-state index in [0.29, 0.717) is 0 Å². The van der Waals surface area contributed by atoms with Gasteiger partial charge in [0.05, 0.1) is 5.69 Å². The minimum absolute atomic E-state index is 0.0231. The zero-order valence-corrected chi connectivity index (χ0v) is 9.16. The van der Waals surface area contributed by atoms with Crippen molar-refractivity contribution in [1.29, 1.82) is 0 Å². The molecule has 0 saturated carbocycles. The molecular weight excluding hydrogens is 188 g/mol. The fourth-order valence-corrected chi connectivity index (χ4v) is 2.02. The molecule has 0 unspecified atom stereocenters. The van der Waals surface area contributed by atoms with E-state index in [1.807, 2.05) is 13.8 Å². The van der Waals surface area contributed by atoms with Gasteiger partial charge < -0.3 is 0 Å². The van der Waals surface area contributed by atoms with Crippen molar-refractivity contribution in [2.75, 3.05) is 0 Å². The second-order valence-corrected chi connectivity index (χ2v) is 3.88. The van der Waals surface area contributed by atoms with Gasteiger partial charge in [0.25, 0.3) is 5.56 Å². The predicted molar refractivity (Wildman–Crippen MR) is 60.6 cm³/mol. The lowest BCUT2D eigenvalue weighted by atomic mass is 10.1. The molecule has 2 rings (SSSR count). The SMILES string of the molecule is Cc1cc(C)c(-n2[nH]ccc2=O)c(C)c1. The third-order valence-electron chi connectivity index (χ3n) is 2.51. The number of nitrogens with one attached hydrogen (secondary N) is 1. The number of aryl methyl sites for hydroxylation is 3. The molecular formula is C12H14N2O. The van der Waals surface area contributed by atoms with Crippen LogP contribution in [0.5, 0.6) is 0 Å². The maximum atomic E-state index is 11.5. The average molecular weight is 202 g/mol. The third kappa shape index (κ3) is 1.61. The quantitative estimate of drug-likeness (QED) is 0.755. The lowest BCUT2D eigenvalue weighted by Crippen LogP contribution is -2.16. The summed E-state index contributed by atoms with van der Waals surface area (Å²) < 4.78 is 1.57. The second-order valence-electron chi connectivity index (χ2n) is 3.88. The standard InChI is InChI=1S/C12H14N2O/c1-8-6-9(2)12(10(3)7-8)14-11(15)4-5-13-14/h4-7,13H,1-3H3. The Morgan fingerprint density at radius 3 is 2.20 bits per heavy atom. The molecule has 0 amide bonds. The zero-order chi connectivity index (χ0) is 11.0. The summed E-state index contributed by atoms with van der Waals surface area (Å²) in [6.07, 6.45) is 1.65. The van der Waals surface area contributed by atoms with Crippen LogP contribution in [-0.2, 0) is 0 Å². The molecule has 3 heteroatoms. The first kappa shape index (κ1) is 9.77. The van der Waals surface area contributed by atoms with Gasteiger partial charge in [-0.1, -0.05) is 17.7 Å². The molecule has 0 aliphatic carbocycles. The number of aromatic amines is 1. The number of rotatable bonds is 1. The Morgan fingerprint density at radius 1 is 1.13 bits per heavy atom. The smallest absolute Gasteiger partial charge is 0.271 e. The molecule has 1 aromatic heterocycles. The Bertz CT molecular complexity index is 526. The topological polar surface area (TPSA) is 37.8 Å². The van der Waals surface area contributed by atoms with Gasteiger partial charge in [0.1, 0.15) is 0 Å². The van der Waals surface area contributed by atoms with Gasteiger partial charge in [-0.25, -0.2) is 4.68 Å². The Labute approximate surface area is 88.4 Å². The van der Waals surface area contributed by atoms with Gasteiger partial charge >= 0.3 is 0 Å². The summed E-state index contributed by atoms with van der Waals surface area (Å²) in [5.41, 5.74) is 4.36. The zero-order valence-electron chi connectivity index (χ0n) is 9.16. The monoisotopic (exact) mass is 202 g/mol. The predicted octanol–water partition coefficient (Wildman–Crippen LogP) is 2.09. The van der Waals surface area contributed by atoms with Gasteiger partial charge in [-0.15, -0.1) is 0 Å². The van der Waals surface area contributed by atoms with E-state index >= 15 is 0 Å². The normalized spacial score (nSPS) is 10.6. The highest BCUT2D eigenvalue weighted by Gasteiger charge is 2.07.